The second-order valence-corrected chi connectivity index (χ2v) is 4.24. The Morgan fingerprint density at radius 3 is 2.80 bits per heavy atom. The van der Waals surface area contributed by atoms with E-state index in [9.17, 15) is 4.79 Å². The zero-order valence-electron chi connectivity index (χ0n) is 11.2. The van der Waals surface area contributed by atoms with Crippen LogP contribution in [0.15, 0.2) is 48.9 Å². The van der Waals surface area contributed by atoms with Crippen molar-refractivity contribution in [3.05, 3.63) is 54.6 Å². The number of rotatable bonds is 7. The van der Waals surface area contributed by atoms with E-state index in [4.69, 9.17) is 4.74 Å². The van der Waals surface area contributed by atoms with Crippen LogP contribution >= 0.6 is 0 Å². The van der Waals surface area contributed by atoms with E-state index in [1.807, 2.05) is 30.3 Å². The third-order valence-electron chi connectivity index (χ3n) is 2.64. The first-order chi connectivity index (χ1) is 9.84. The number of para-hydroxylation sites is 1. The smallest absolute Gasteiger partial charge is 0.220 e. The summed E-state index contributed by atoms with van der Waals surface area (Å²) in [5.41, 5.74) is 0.751. The average Bonchev–Trinajstić information content (AvgIpc) is 2.52. The molecule has 0 bridgehead atoms. The SMILES string of the molecule is O=C(CCCOc1ccccc1)NCc1cnccn1. The molecule has 1 N–H and O–H groups in total. The Morgan fingerprint density at radius 1 is 1.20 bits per heavy atom. The molecule has 0 fully saturated rings. The fraction of sp³-hybridized carbons (Fsp3) is 0.267. The van der Waals surface area contributed by atoms with E-state index in [1.165, 1.54) is 0 Å². The van der Waals surface area contributed by atoms with Crippen molar-refractivity contribution in [2.75, 3.05) is 6.61 Å². The molecule has 0 unspecified atom stereocenters. The van der Waals surface area contributed by atoms with Crippen molar-refractivity contribution >= 4 is 5.91 Å². The maximum Gasteiger partial charge on any atom is 0.220 e. The number of hydrogen-bond acceptors (Lipinski definition) is 4. The molecule has 0 saturated heterocycles. The van der Waals surface area contributed by atoms with E-state index in [1.54, 1.807) is 18.6 Å². The summed E-state index contributed by atoms with van der Waals surface area (Å²) in [4.78, 5) is 19.6. The lowest BCUT2D eigenvalue weighted by molar-refractivity contribution is -0.121. The quantitative estimate of drug-likeness (QED) is 0.782. The van der Waals surface area contributed by atoms with Gasteiger partial charge in [0.2, 0.25) is 5.91 Å². The zero-order valence-corrected chi connectivity index (χ0v) is 11.2. The number of hydrogen-bond donors (Lipinski definition) is 1. The van der Waals surface area contributed by atoms with Gasteiger partial charge in [0, 0.05) is 18.8 Å². The molecular weight excluding hydrogens is 254 g/mol. The monoisotopic (exact) mass is 271 g/mol. The van der Waals surface area contributed by atoms with Gasteiger partial charge in [0.1, 0.15) is 5.75 Å². The first-order valence-corrected chi connectivity index (χ1v) is 6.54. The van der Waals surface area contributed by atoms with Crippen LogP contribution in [0.2, 0.25) is 0 Å². The topological polar surface area (TPSA) is 64.1 Å². The summed E-state index contributed by atoms with van der Waals surface area (Å²) in [7, 11) is 0. The van der Waals surface area contributed by atoms with Crippen LogP contribution in [-0.4, -0.2) is 22.5 Å². The van der Waals surface area contributed by atoms with Crippen LogP contribution in [0.3, 0.4) is 0 Å². The van der Waals surface area contributed by atoms with Crippen molar-refractivity contribution in [3.63, 3.8) is 0 Å². The highest BCUT2D eigenvalue weighted by Gasteiger charge is 2.02. The van der Waals surface area contributed by atoms with Gasteiger partial charge in [-0.25, -0.2) is 0 Å². The number of ether oxygens (including phenoxy) is 1. The van der Waals surface area contributed by atoms with Crippen LogP contribution in [0.5, 0.6) is 5.75 Å². The number of carbonyl (C=O) groups is 1. The Bertz CT molecular complexity index is 517. The minimum Gasteiger partial charge on any atom is -0.494 e. The summed E-state index contributed by atoms with van der Waals surface area (Å²) < 4.78 is 5.52. The Labute approximate surface area is 118 Å². The molecule has 0 radical (unpaired) electrons. The van der Waals surface area contributed by atoms with Gasteiger partial charge in [0.25, 0.3) is 0 Å². The van der Waals surface area contributed by atoms with Crippen LogP contribution in [0, 0.1) is 0 Å². The van der Waals surface area contributed by atoms with E-state index in [2.05, 4.69) is 15.3 Å². The zero-order chi connectivity index (χ0) is 14.0. The lowest BCUT2D eigenvalue weighted by atomic mass is 10.3. The summed E-state index contributed by atoms with van der Waals surface area (Å²) in [6, 6.07) is 9.57. The minimum absolute atomic E-state index is 0.00712. The van der Waals surface area contributed by atoms with Gasteiger partial charge in [-0.3, -0.25) is 14.8 Å². The maximum atomic E-state index is 11.6. The lowest BCUT2D eigenvalue weighted by Crippen LogP contribution is -2.23. The highest BCUT2D eigenvalue weighted by Crippen LogP contribution is 2.08. The van der Waals surface area contributed by atoms with Crippen LogP contribution < -0.4 is 10.1 Å². The Balaban J connectivity index is 1.59. The molecular formula is C15H17N3O2. The molecule has 104 valence electrons. The Morgan fingerprint density at radius 2 is 2.05 bits per heavy atom. The average molecular weight is 271 g/mol. The summed E-state index contributed by atoms with van der Waals surface area (Å²) in [6.45, 7) is 0.939. The molecule has 0 aliphatic rings. The number of carbonyl (C=O) groups excluding carboxylic acids is 1. The van der Waals surface area contributed by atoms with Gasteiger partial charge in [-0.15, -0.1) is 0 Å². The Kier molecular flexibility index (Phi) is 5.52. The molecule has 20 heavy (non-hydrogen) atoms. The first kappa shape index (κ1) is 14.0. The first-order valence-electron chi connectivity index (χ1n) is 6.54. The van der Waals surface area contributed by atoms with E-state index >= 15 is 0 Å². The van der Waals surface area contributed by atoms with E-state index < -0.39 is 0 Å². The molecule has 2 aromatic rings. The molecule has 0 saturated carbocycles. The summed E-state index contributed by atoms with van der Waals surface area (Å²) in [5.74, 6) is 0.819. The maximum absolute atomic E-state index is 11.6. The number of nitrogens with one attached hydrogen (secondary N) is 1. The highest BCUT2D eigenvalue weighted by atomic mass is 16.5. The van der Waals surface area contributed by atoms with Crippen LogP contribution in [0.4, 0.5) is 0 Å². The molecule has 1 heterocycles. The van der Waals surface area contributed by atoms with Gasteiger partial charge in [-0.05, 0) is 18.6 Å². The molecule has 1 aromatic heterocycles. The number of benzene rings is 1. The van der Waals surface area contributed by atoms with Gasteiger partial charge in [-0.2, -0.15) is 0 Å². The van der Waals surface area contributed by atoms with Crippen LogP contribution in [0.1, 0.15) is 18.5 Å². The van der Waals surface area contributed by atoms with E-state index in [0.29, 0.717) is 26.0 Å². The predicted octanol–water partition coefficient (Wildman–Crippen LogP) is 1.95. The normalized spacial score (nSPS) is 10.0. The minimum atomic E-state index is -0.00712. The second kappa shape index (κ2) is 7.89. The molecule has 1 aromatic carbocycles. The molecule has 1 amide bonds. The molecule has 0 aliphatic heterocycles. The van der Waals surface area contributed by atoms with Crippen molar-refractivity contribution in [1.82, 2.24) is 15.3 Å². The molecule has 0 spiro atoms. The molecule has 0 atom stereocenters. The van der Waals surface area contributed by atoms with Crippen molar-refractivity contribution < 1.29 is 9.53 Å². The van der Waals surface area contributed by atoms with E-state index in [0.717, 1.165) is 11.4 Å². The number of amides is 1. The molecule has 5 heteroatoms. The third-order valence-corrected chi connectivity index (χ3v) is 2.64. The number of aromatic nitrogens is 2. The van der Waals surface area contributed by atoms with Gasteiger partial charge >= 0.3 is 0 Å². The molecule has 0 aliphatic carbocycles. The van der Waals surface area contributed by atoms with Crippen molar-refractivity contribution in [1.29, 1.82) is 0 Å². The fourth-order valence-corrected chi connectivity index (χ4v) is 1.64. The van der Waals surface area contributed by atoms with Gasteiger partial charge in [-0.1, -0.05) is 18.2 Å². The van der Waals surface area contributed by atoms with Crippen molar-refractivity contribution in [2.24, 2.45) is 0 Å². The standard InChI is InChI=1S/C15H17N3O2/c19-15(18-12-13-11-16-8-9-17-13)7-4-10-20-14-5-2-1-3-6-14/h1-3,5-6,8-9,11H,4,7,10,12H2,(H,18,19). The Hall–Kier alpha value is -2.43. The summed E-state index contributed by atoms with van der Waals surface area (Å²) >= 11 is 0. The van der Waals surface area contributed by atoms with Crippen molar-refractivity contribution in [2.45, 2.75) is 19.4 Å². The molecule has 5 nitrogen and oxygen atoms in total. The van der Waals surface area contributed by atoms with Gasteiger partial charge in [0.15, 0.2) is 0 Å². The van der Waals surface area contributed by atoms with Gasteiger partial charge in [0.05, 0.1) is 25.0 Å². The van der Waals surface area contributed by atoms with Crippen LogP contribution in [-0.2, 0) is 11.3 Å². The largest absolute Gasteiger partial charge is 0.494 e. The van der Waals surface area contributed by atoms with Gasteiger partial charge < -0.3 is 10.1 Å². The lowest BCUT2D eigenvalue weighted by Gasteiger charge is -2.06. The molecule has 2 rings (SSSR count). The summed E-state index contributed by atoms with van der Waals surface area (Å²) in [5, 5.41) is 2.80. The number of nitrogens with zero attached hydrogens (tertiary/aromatic N) is 2. The predicted molar refractivity (Wildman–Crippen MR) is 75.0 cm³/mol. The second-order valence-electron chi connectivity index (χ2n) is 4.24. The fourth-order valence-electron chi connectivity index (χ4n) is 1.64. The highest BCUT2D eigenvalue weighted by molar-refractivity contribution is 5.75. The summed E-state index contributed by atoms with van der Waals surface area (Å²) in [6.07, 6.45) is 5.97. The van der Waals surface area contributed by atoms with E-state index in [-0.39, 0.29) is 5.91 Å². The third kappa shape index (κ3) is 5.06. The van der Waals surface area contributed by atoms with Crippen molar-refractivity contribution in [3.8, 4) is 5.75 Å². The van der Waals surface area contributed by atoms with Crippen LogP contribution in [0.25, 0.3) is 0 Å².